The van der Waals surface area contributed by atoms with Gasteiger partial charge in [0.1, 0.15) is 10.7 Å². The third kappa shape index (κ3) is 2.84. The topological polar surface area (TPSA) is 66.6 Å². The average Bonchev–Trinajstić information content (AvgIpc) is 2.34. The van der Waals surface area contributed by atoms with Crippen molar-refractivity contribution in [1.29, 1.82) is 0 Å². The van der Waals surface area contributed by atoms with E-state index in [4.69, 9.17) is 17.3 Å². The highest BCUT2D eigenvalue weighted by Crippen LogP contribution is 2.29. The number of piperazine rings is 1. The number of likely N-dealkylation sites (N-methyl/N-ethyl adjacent to an activating group) is 1. The molecular formula is C11H15ClFN3O2S. The second-order valence-electron chi connectivity index (χ2n) is 4.51. The van der Waals surface area contributed by atoms with E-state index in [2.05, 4.69) is 0 Å². The van der Waals surface area contributed by atoms with Crippen molar-refractivity contribution in [2.45, 2.75) is 4.90 Å². The molecule has 0 radical (unpaired) electrons. The van der Waals surface area contributed by atoms with Crippen molar-refractivity contribution >= 4 is 27.3 Å². The van der Waals surface area contributed by atoms with E-state index in [0.717, 1.165) is 12.1 Å². The van der Waals surface area contributed by atoms with Gasteiger partial charge in [-0.1, -0.05) is 11.6 Å². The molecule has 0 atom stereocenters. The van der Waals surface area contributed by atoms with E-state index in [0.29, 0.717) is 26.2 Å². The molecule has 2 rings (SSSR count). The molecule has 1 aliphatic heterocycles. The SMILES string of the molecule is CN1CCN(S(=O)(=O)c2cc(N)c(F)cc2Cl)CC1. The van der Waals surface area contributed by atoms with Crippen LogP contribution in [0.1, 0.15) is 0 Å². The minimum absolute atomic E-state index is 0.141. The summed E-state index contributed by atoms with van der Waals surface area (Å²) in [5, 5.41) is -0.148. The molecule has 0 spiro atoms. The van der Waals surface area contributed by atoms with E-state index >= 15 is 0 Å². The van der Waals surface area contributed by atoms with Crippen LogP contribution in [0.25, 0.3) is 0 Å². The van der Waals surface area contributed by atoms with Gasteiger partial charge in [-0.15, -0.1) is 0 Å². The smallest absolute Gasteiger partial charge is 0.244 e. The highest BCUT2D eigenvalue weighted by atomic mass is 35.5. The maximum Gasteiger partial charge on any atom is 0.244 e. The van der Waals surface area contributed by atoms with Crippen LogP contribution >= 0.6 is 11.6 Å². The largest absolute Gasteiger partial charge is 0.396 e. The van der Waals surface area contributed by atoms with E-state index in [1.165, 1.54) is 4.31 Å². The van der Waals surface area contributed by atoms with Crippen LogP contribution in [0, 0.1) is 5.82 Å². The third-order valence-electron chi connectivity index (χ3n) is 3.13. The zero-order chi connectivity index (χ0) is 14.2. The summed E-state index contributed by atoms with van der Waals surface area (Å²) in [6, 6.07) is 2.01. The Morgan fingerprint density at radius 1 is 1.26 bits per heavy atom. The number of nitrogens with zero attached hydrogens (tertiary/aromatic N) is 2. The lowest BCUT2D eigenvalue weighted by Crippen LogP contribution is -2.47. The molecule has 1 aromatic rings. The van der Waals surface area contributed by atoms with Crippen molar-refractivity contribution in [1.82, 2.24) is 9.21 Å². The first-order chi connectivity index (χ1) is 8.82. The molecular weight excluding hydrogens is 293 g/mol. The van der Waals surface area contributed by atoms with Crippen molar-refractivity contribution in [3.8, 4) is 0 Å². The maximum absolute atomic E-state index is 13.2. The van der Waals surface area contributed by atoms with Gasteiger partial charge in [0.15, 0.2) is 0 Å². The number of hydrogen-bond acceptors (Lipinski definition) is 4. The molecule has 0 aliphatic carbocycles. The molecule has 106 valence electrons. The van der Waals surface area contributed by atoms with Crippen LogP contribution in [0.3, 0.4) is 0 Å². The van der Waals surface area contributed by atoms with Crippen LogP contribution in [0.5, 0.6) is 0 Å². The van der Waals surface area contributed by atoms with Gasteiger partial charge in [0.05, 0.1) is 10.7 Å². The summed E-state index contributed by atoms with van der Waals surface area (Å²) in [6.07, 6.45) is 0. The van der Waals surface area contributed by atoms with Gasteiger partial charge in [-0.05, 0) is 19.2 Å². The fourth-order valence-corrected chi connectivity index (χ4v) is 3.86. The number of anilines is 1. The van der Waals surface area contributed by atoms with Gasteiger partial charge in [0, 0.05) is 26.2 Å². The predicted octanol–water partition coefficient (Wildman–Crippen LogP) is 0.997. The molecule has 8 heteroatoms. The number of nitrogens with two attached hydrogens (primary N) is 1. The van der Waals surface area contributed by atoms with Crippen LogP contribution in [0.4, 0.5) is 10.1 Å². The molecule has 1 aromatic carbocycles. The first-order valence-electron chi connectivity index (χ1n) is 5.75. The number of halogens is 2. The zero-order valence-corrected chi connectivity index (χ0v) is 12.0. The highest BCUT2D eigenvalue weighted by molar-refractivity contribution is 7.89. The molecule has 19 heavy (non-hydrogen) atoms. The summed E-state index contributed by atoms with van der Waals surface area (Å²) in [7, 11) is -1.80. The number of sulfonamides is 1. The summed E-state index contributed by atoms with van der Waals surface area (Å²) >= 11 is 5.82. The summed E-state index contributed by atoms with van der Waals surface area (Å²) in [5.41, 5.74) is 5.19. The monoisotopic (exact) mass is 307 g/mol. The summed E-state index contributed by atoms with van der Waals surface area (Å²) in [6.45, 7) is 2.06. The second-order valence-corrected chi connectivity index (χ2v) is 6.83. The van der Waals surface area contributed by atoms with Crippen molar-refractivity contribution in [2.75, 3.05) is 39.0 Å². The number of hydrogen-bond donors (Lipinski definition) is 1. The minimum atomic E-state index is -3.73. The number of benzene rings is 1. The number of rotatable bonds is 2. The van der Waals surface area contributed by atoms with Gasteiger partial charge >= 0.3 is 0 Å². The van der Waals surface area contributed by atoms with E-state index < -0.39 is 15.8 Å². The third-order valence-corrected chi connectivity index (χ3v) is 5.49. The van der Waals surface area contributed by atoms with Gasteiger partial charge in [0.25, 0.3) is 0 Å². The Hall–Kier alpha value is -0.890. The Kier molecular flexibility index (Phi) is 4.00. The van der Waals surface area contributed by atoms with Gasteiger partial charge in [-0.2, -0.15) is 4.31 Å². The van der Waals surface area contributed by atoms with Gasteiger partial charge in [0.2, 0.25) is 10.0 Å². The van der Waals surface area contributed by atoms with Crippen molar-refractivity contribution in [3.63, 3.8) is 0 Å². The Morgan fingerprint density at radius 2 is 1.84 bits per heavy atom. The van der Waals surface area contributed by atoms with Crippen LogP contribution in [0.2, 0.25) is 5.02 Å². The first-order valence-corrected chi connectivity index (χ1v) is 7.57. The van der Waals surface area contributed by atoms with Crippen molar-refractivity contribution < 1.29 is 12.8 Å². The highest BCUT2D eigenvalue weighted by Gasteiger charge is 2.29. The Bertz CT molecular complexity index is 586. The average molecular weight is 308 g/mol. The molecule has 0 amide bonds. The quantitative estimate of drug-likeness (QED) is 0.828. The molecule has 0 bridgehead atoms. The van der Waals surface area contributed by atoms with E-state index in [1.54, 1.807) is 0 Å². The molecule has 5 nitrogen and oxygen atoms in total. The minimum Gasteiger partial charge on any atom is -0.396 e. The summed E-state index contributed by atoms with van der Waals surface area (Å²) < 4.78 is 39.4. The molecule has 1 saturated heterocycles. The van der Waals surface area contributed by atoms with Crippen LogP contribution < -0.4 is 5.73 Å². The lowest BCUT2D eigenvalue weighted by molar-refractivity contribution is 0.222. The number of nitrogen functional groups attached to an aromatic ring is 1. The van der Waals surface area contributed by atoms with E-state index in [-0.39, 0.29) is 15.6 Å². The predicted molar refractivity (Wildman–Crippen MR) is 72.1 cm³/mol. The van der Waals surface area contributed by atoms with Gasteiger partial charge < -0.3 is 10.6 Å². The molecule has 1 fully saturated rings. The van der Waals surface area contributed by atoms with Gasteiger partial charge in [-0.25, -0.2) is 12.8 Å². The fraction of sp³-hybridized carbons (Fsp3) is 0.455. The molecule has 0 unspecified atom stereocenters. The van der Waals surface area contributed by atoms with Gasteiger partial charge in [-0.3, -0.25) is 0 Å². The Balaban J connectivity index is 2.37. The molecule has 0 aromatic heterocycles. The van der Waals surface area contributed by atoms with Crippen molar-refractivity contribution in [2.24, 2.45) is 0 Å². The van der Waals surface area contributed by atoms with Crippen LogP contribution in [-0.4, -0.2) is 50.8 Å². The second kappa shape index (κ2) is 5.24. The standard InChI is InChI=1S/C11H15ClFN3O2S/c1-15-2-4-16(5-3-15)19(17,18)11-7-10(14)9(13)6-8(11)12/h6-7H,2-5,14H2,1H3. The zero-order valence-electron chi connectivity index (χ0n) is 10.4. The normalized spacial score (nSPS) is 18.7. The lowest BCUT2D eigenvalue weighted by Gasteiger charge is -2.31. The molecule has 0 saturated carbocycles. The van der Waals surface area contributed by atoms with Crippen molar-refractivity contribution in [3.05, 3.63) is 23.0 Å². The Labute approximate surface area is 116 Å². The van der Waals surface area contributed by atoms with E-state index in [9.17, 15) is 12.8 Å². The molecule has 1 aliphatic rings. The summed E-state index contributed by atoms with van der Waals surface area (Å²) in [5.74, 6) is -0.720. The fourth-order valence-electron chi connectivity index (χ4n) is 1.91. The molecule has 2 N–H and O–H groups in total. The van der Waals surface area contributed by atoms with E-state index in [1.807, 2.05) is 11.9 Å². The van der Waals surface area contributed by atoms with Crippen LogP contribution in [-0.2, 0) is 10.0 Å². The molecule has 1 heterocycles. The Morgan fingerprint density at radius 3 is 2.42 bits per heavy atom. The maximum atomic E-state index is 13.2. The lowest BCUT2D eigenvalue weighted by atomic mass is 10.3. The van der Waals surface area contributed by atoms with Crippen LogP contribution in [0.15, 0.2) is 17.0 Å². The summed E-state index contributed by atoms with van der Waals surface area (Å²) in [4.78, 5) is 1.89. The first kappa shape index (κ1) is 14.5.